The molecule has 2 amide bonds. The van der Waals surface area contributed by atoms with Gasteiger partial charge in [-0.3, -0.25) is 14.9 Å². The molecule has 0 bridgehead atoms. The van der Waals surface area contributed by atoms with E-state index in [-0.39, 0.29) is 17.4 Å². The first-order valence-electron chi connectivity index (χ1n) is 5.53. The fourth-order valence-corrected chi connectivity index (χ4v) is 1.52. The van der Waals surface area contributed by atoms with Gasteiger partial charge in [-0.1, -0.05) is 34.6 Å². The third-order valence-electron chi connectivity index (χ3n) is 2.28. The van der Waals surface area contributed by atoms with Crippen molar-refractivity contribution in [3.63, 3.8) is 0 Å². The van der Waals surface area contributed by atoms with Crippen LogP contribution in [0.5, 0.6) is 0 Å². The van der Waals surface area contributed by atoms with E-state index in [0.717, 1.165) is 10.0 Å². The van der Waals surface area contributed by atoms with E-state index in [1.54, 1.807) is 12.1 Å². The lowest BCUT2D eigenvalue weighted by Crippen LogP contribution is -2.21. The highest BCUT2D eigenvalue weighted by Crippen LogP contribution is 2.20. The first kappa shape index (κ1) is 15.8. The molecule has 0 aromatic heterocycles. The van der Waals surface area contributed by atoms with Crippen molar-refractivity contribution < 1.29 is 19.5 Å². The van der Waals surface area contributed by atoms with Crippen LogP contribution in [-0.2, 0) is 14.4 Å². The Bertz CT molecular complexity index is 590. The van der Waals surface area contributed by atoms with Crippen LogP contribution in [0, 0.1) is 0 Å². The van der Waals surface area contributed by atoms with Crippen LogP contribution in [0.4, 0.5) is 0 Å². The van der Waals surface area contributed by atoms with Crippen molar-refractivity contribution in [2.75, 3.05) is 0 Å². The minimum atomic E-state index is -0.935. The molecule has 2 N–H and O–H groups in total. The average molecular weight is 338 g/mol. The second-order valence-corrected chi connectivity index (χ2v) is 4.88. The highest BCUT2D eigenvalue weighted by atomic mass is 79.9. The summed E-state index contributed by atoms with van der Waals surface area (Å²) in [5.41, 5.74) is 1.34. The molecule has 0 aliphatic carbocycles. The van der Waals surface area contributed by atoms with Crippen LogP contribution in [0.15, 0.2) is 47.0 Å². The Balaban J connectivity index is 0.000000286. The molecule has 1 aromatic rings. The van der Waals surface area contributed by atoms with Gasteiger partial charge in [-0.05, 0) is 24.6 Å². The van der Waals surface area contributed by atoms with Crippen LogP contribution < -0.4 is 5.32 Å². The second-order valence-electron chi connectivity index (χ2n) is 3.97. The number of rotatable bonds is 2. The van der Waals surface area contributed by atoms with Gasteiger partial charge in [0.05, 0.1) is 5.57 Å². The number of imide groups is 1. The number of carboxylic acids is 1. The number of carboxylic acid groups (broad SMARTS) is 1. The minimum absolute atomic E-state index is 0.176. The molecule has 6 heteroatoms. The van der Waals surface area contributed by atoms with Gasteiger partial charge in [0.2, 0.25) is 0 Å². The molecule has 0 fully saturated rings. The lowest BCUT2D eigenvalue weighted by molar-refractivity contribution is -0.132. The van der Waals surface area contributed by atoms with Crippen LogP contribution >= 0.6 is 15.9 Å². The predicted octanol–water partition coefficient (Wildman–Crippen LogP) is 2.14. The standard InChI is InChI=1S/C10H6BrNO2.C4H6O2/c11-7-3-1-6(2-4-7)8-5-9(13)12-10(8)14;1-3(2)4(5)6/h1-5H,(H,12,13,14);1H2,2H3,(H,5,6). The lowest BCUT2D eigenvalue weighted by Gasteiger charge is -1.99. The maximum absolute atomic E-state index is 11.3. The van der Waals surface area contributed by atoms with Crippen LogP contribution in [0.1, 0.15) is 12.5 Å². The molecule has 5 nitrogen and oxygen atoms in total. The fraction of sp³-hybridized carbons (Fsp3) is 0.0714. The zero-order valence-corrected chi connectivity index (χ0v) is 12.2. The Kier molecular flexibility index (Phi) is 5.40. The summed E-state index contributed by atoms with van der Waals surface area (Å²) in [5, 5.41) is 10.1. The van der Waals surface area contributed by atoms with Crippen LogP contribution in [0.3, 0.4) is 0 Å². The van der Waals surface area contributed by atoms with Gasteiger partial charge in [-0.15, -0.1) is 0 Å². The van der Waals surface area contributed by atoms with E-state index in [2.05, 4.69) is 27.8 Å². The zero-order valence-electron chi connectivity index (χ0n) is 10.6. The van der Waals surface area contributed by atoms with Gasteiger partial charge in [-0.25, -0.2) is 4.79 Å². The molecular weight excluding hydrogens is 326 g/mol. The number of nitrogens with one attached hydrogen (secondary N) is 1. The van der Waals surface area contributed by atoms with Gasteiger partial charge in [0.15, 0.2) is 0 Å². The van der Waals surface area contributed by atoms with Crippen molar-refractivity contribution in [2.24, 2.45) is 0 Å². The predicted molar refractivity (Wildman–Crippen MR) is 77.7 cm³/mol. The van der Waals surface area contributed by atoms with Gasteiger partial charge in [-0.2, -0.15) is 0 Å². The lowest BCUT2D eigenvalue weighted by atomic mass is 10.1. The summed E-state index contributed by atoms with van der Waals surface area (Å²) in [5.74, 6) is -1.62. The number of carbonyl (C=O) groups is 3. The number of carbonyl (C=O) groups excluding carboxylic acids is 2. The zero-order chi connectivity index (χ0) is 15.3. The molecule has 104 valence electrons. The number of hydrogen-bond donors (Lipinski definition) is 2. The average Bonchev–Trinajstić information content (AvgIpc) is 2.70. The number of hydrogen-bond acceptors (Lipinski definition) is 3. The molecule has 0 saturated carbocycles. The minimum Gasteiger partial charge on any atom is -0.478 e. The summed E-state index contributed by atoms with van der Waals surface area (Å²) >= 11 is 3.29. The quantitative estimate of drug-likeness (QED) is 0.639. The van der Waals surface area contributed by atoms with Gasteiger partial charge < -0.3 is 5.11 Å². The monoisotopic (exact) mass is 337 g/mol. The molecule has 1 heterocycles. The van der Waals surface area contributed by atoms with E-state index in [1.807, 2.05) is 12.1 Å². The highest BCUT2D eigenvalue weighted by Gasteiger charge is 2.21. The summed E-state index contributed by atoms with van der Waals surface area (Å²) in [6.45, 7) is 4.60. The Morgan fingerprint density at radius 2 is 1.75 bits per heavy atom. The SMILES string of the molecule is C=C(C)C(=O)O.O=C1C=C(c2ccc(Br)cc2)C(=O)N1. The molecule has 0 unspecified atom stereocenters. The molecule has 0 radical (unpaired) electrons. The molecule has 2 rings (SSSR count). The summed E-state index contributed by atoms with van der Waals surface area (Å²) in [7, 11) is 0. The van der Waals surface area contributed by atoms with E-state index in [1.165, 1.54) is 13.0 Å². The Hall–Kier alpha value is -2.21. The third kappa shape index (κ3) is 4.47. The third-order valence-corrected chi connectivity index (χ3v) is 2.81. The van der Waals surface area contributed by atoms with Crippen LogP contribution in [-0.4, -0.2) is 22.9 Å². The number of aliphatic carboxylic acids is 1. The van der Waals surface area contributed by atoms with Crippen molar-refractivity contribution in [3.05, 3.63) is 52.5 Å². The smallest absolute Gasteiger partial charge is 0.330 e. The molecule has 0 atom stereocenters. The Morgan fingerprint density at radius 3 is 2.10 bits per heavy atom. The molecule has 1 aromatic carbocycles. The van der Waals surface area contributed by atoms with Crippen LogP contribution in [0.2, 0.25) is 0 Å². The first-order chi connectivity index (χ1) is 9.31. The molecular formula is C14H12BrNO4. The van der Waals surface area contributed by atoms with E-state index >= 15 is 0 Å². The first-order valence-corrected chi connectivity index (χ1v) is 6.32. The van der Waals surface area contributed by atoms with Gasteiger partial charge in [0.25, 0.3) is 11.8 Å². The summed E-state index contributed by atoms with van der Waals surface area (Å²) in [6.07, 6.45) is 1.31. The topological polar surface area (TPSA) is 83.5 Å². The van der Waals surface area contributed by atoms with E-state index in [4.69, 9.17) is 5.11 Å². The fourth-order valence-electron chi connectivity index (χ4n) is 1.26. The Labute approximate surface area is 124 Å². The summed E-state index contributed by atoms with van der Waals surface area (Å²) < 4.78 is 0.937. The van der Waals surface area contributed by atoms with Crippen molar-refractivity contribution in [3.8, 4) is 0 Å². The number of benzene rings is 1. The van der Waals surface area contributed by atoms with Crippen molar-refractivity contribution in [2.45, 2.75) is 6.92 Å². The molecule has 20 heavy (non-hydrogen) atoms. The van der Waals surface area contributed by atoms with Crippen molar-refractivity contribution in [1.82, 2.24) is 5.32 Å². The maximum Gasteiger partial charge on any atom is 0.330 e. The number of amides is 2. The Morgan fingerprint density at radius 1 is 1.25 bits per heavy atom. The van der Waals surface area contributed by atoms with E-state index < -0.39 is 5.97 Å². The van der Waals surface area contributed by atoms with Crippen molar-refractivity contribution >= 4 is 39.3 Å². The van der Waals surface area contributed by atoms with Crippen LogP contribution in [0.25, 0.3) is 5.57 Å². The summed E-state index contributed by atoms with van der Waals surface area (Å²) in [4.78, 5) is 31.7. The molecule has 0 saturated heterocycles. The number of halogens is 1. The van der Waals surface area contributed by atoms with E-state index in [0.29, 0.717) is 5.57 Å². The molecule has 0 spiro atoms. The maximum atomic E-state index is 11.3. The van der Waals surface area contributed by atoms with E-state index in [9.17, 15) is 14.4 Å². The van der Waals surface area contributed by atoms with Gasteiger partial charge >= 0.3 is 5.97 Å². The molecule has 1 aliphatic rings. The normalized spacial score (nSPS) is 13.0. The molecule has 1 aliphatic heterocycles. The summed E-state index contributed by atoms with van der Waals surface area (Å²) in [6, 6.07) is 7.22. The van der Waals surface area contributed by atoms with Gasteiger partial charge in [0, 0.05) is 16.1 Å². The van der Waals surface area contributed by atoms with Gasteiger partial charge in [0.1, 0.15) is 0 Å². The highest BCUT2D eigenvalue weighted by molar-refractivity contribution is 9.10. The second kappa shape index (κ2) is 6.81. The van der Waals surface area contributed by atoms with Crippen molar-refractivity contribution in [1.29, 1.82) is 0 Å². The largest absolute Gasteiger partial charge is 0.478 e.